The van der Waals surface area contributed by atoms with Gasteiger partial charge >= 0.3 is 5.97 Å². The lowest BCUT2D eigenvalue weighted by Crippen LogP contribution is -2.46. The van der Waals surface area contributed by atoms with Crippen molar-refractivity contribution in [2.75, 3.05) is 0 Å². The Labute approximate surface area is 126 Å². The topological polar surface area (TPSA) is 55.4 Å². The first kappa shape index (κ1) is 17.0. The Morgan fingerprint density at radius 2 is 1.95 bits per heavy atom. The van der Waals surface area contributed by atoms with E-state index in [4.69, 9.17) is 4.74 Å². The summed E-state index contributed by atoms with van der Waals surface area (Å²) in [7, 11) is 0. The molecule has 21 heavy (non-hydrogen) atoms. The molecule has 4 heteroatoms. The quantitative estimate of drug-likeness (QED) is 0.685. The molecule has 0 aromatic heterocycles. The van der Waals surface area contributed by atoms with Crippen molar-refractivity contribution in [1.82, 2.24) is 5.32 Å². The highest BCUT2D eigenvalue weighted by Gasteiger charge is 2.21. The number of amides is 1. The Balaban J connectivity index is 2.55. The molecule has 0 bridgehead atoms. The molecule has 1 aromatic carbocycles. The van der Waals surface area contributed by atoms with Crippen LogP contribution in [0.1, 0.15) is 38.8 Å². The first-order chi connectivity index (χ1) is 9.67. The maximum absolute atomic E-state index is 11.8. The van der Waals surface area contributed by atoms with E-state index in [-0.39, 0.29) is 11.4 Å². The number of nitrogens with one attached hydrogen (secondary N) is 1. The van der Waals surface area contributed by atoms with E-state index in [0.29, 0.717) is 0 Å². The Morgan fingerprint density at radius 1 is 1.29 bits per heavy atom. The first-order valence-corrected chi connectivity index (χ1v) is 6.95. The van der Waals surface area contributed by atoms with Gasteiger partial charge in [-0.05, 0) is 46.3 Å². The van der Waals surface area contributed by atoms with E-state index >= 15 is 0 Å². The van der Waals surface area contributed by atoms with Gasteiger partial charge < -0.3 is 10.1 Å². The van der Waals surface area contributed by atoms with E-state index in [0.717, 1.165) is 11.1 Å². The molecule has 0 aliphatic carbocycles. The predicted molar refractivity (Wildman–Crippen MR) is 83.7 cm³/mol. The second kappa shape index (κ2) is 7.07. The third kappa shape index (κ3) is 6.75. The van der Waals surface area contributed by atoms with Crippen LogP contribution in [0.5, 0.6) is 0 Å². The van der Waals surface area contributed by atoms with E-state index in [1.807, 2.05) is 52.0 Å². The number of rotatable bonds is 4. The number of ether oxygens (including phenoxy) is 1. The van der Waals surface area contributed by atoms with E-state index in [9.17, 15) is 9.59 Å². The van der Waals surface area contributed by atoms with Crippen molar-refractivity contribution in [3.05, 3.63) is 41.5 Å². The van der Waals surface area contributed by atoms with Crippen LogP contribution >= 0.6 is 0 Å². The Morgan fingerprint density at radius 3 is 2.52 bits per heavy atom. The van der Waals surface area contributed by atoms with Crippen LogP contribution in [-0.4, -0.2) is 23.5 Å². The van der Waals surface area contributed by atoms with Crippen LogP contribution in [0.2, 0.25) is 0 Å². The van der Waals surface area contributed by atoms with Gasteiger partial charge in [0.2, 0.25) is 0 Å². The molecule has 0 saturated heterocycles. The second-order valence-corrected chi connectivity index (χ2v) is 6.07. The molecule has 0 radical (unpaired) electrons. The van der Waals surface area contributed by atoms with Gasteiger partial charge in [-0.2, -0.15) is 0 Å². The number of aryl methyl sites for hydroxylation is 1. The SMILES string of the molecule is Cc1cccc(/C=C/C(=O)O[C@H](C)C(=O)NC(C)(C)C)c1. The summed E-state index contributed by atoms with van der Waals surface area (Å²) in [6.07, 6.45) is 2.18. The molecule has 0 spiro atoms. The lowest BCUT2D eigenvalue weighted by atomic mass is 10.1. The Hall–Kier alpha value is -2.10. The van der Waals surface area contributed by atoms with E-state index < -0.39 is 12.1 Å². The second-order valence-electron chi connectivity index (χ2n) is 6.07. The number of benzene rings is 1. The summed E-state index contributed by atoms with van der Waals surface area (Å²) in [4.78, 5) is 23.5. The zero-order valence-corrected chi connectivity index (χ0v) is 13.3. The summed E-state index contributed by atoms with van der Waals surface area (Å²) in [5.41, 5.74) is 1.68. The van der Waals surface area contributed by atoms with Crippen molar-refractivity contribution in [3.8, 4) is 0 Å². The molecule has 1 rings (SSSR count). The molecule has 0 saturated carbocycles. The molecule has 1 amide bonds. The van der Waals surface area contributed by atoms with E-state index in [1.54, 1.807) is 13.0 Å². The largest absolute Gasteiger partial charge is 0.449 e. The molecule has 1 N–H and O–H groups in total. The number of hydrogen-bond donors (Lipinski definition) is 1. The van der Waals surface area contributed by atoms with Crippen LogP contribution in [0.25, 0.3) is 6.08 Å². The number of carbonyl (C=O) groups is 2. The maximum Gasteiger partial charge on any atom is 0.331 e. The van der Waals surface area contributed by atoms with Crippen LogP contribution in [0.15, 0.2) is 30.3 Å². The molecule has 0 aliphatic rings. The van der Waals surface area contributed by atoms with Crippen molar-refractivity contribution >= 4 is 18.0 Å². The molecule has 1 atom stereocenters. The molecular weight excluding hydrogens is 266 g/mol. The van der Waals surface area contributed by atoms with Gasteiger partial charge in [0.15, 0.2) is 6.10 Å². The normalized spacial score (nSPS) is 13.0. The van der Waals surface area contributed by atoms with Crippen LogP contribution < -0.4 is 5.32 Å². The number of hydrogen-bond acceptors (Lipinski definition) is 3. The smallest absolute Gasteiger partial charge is 0.331 e. The Kier molecular flexibility index (Phi) is 5.70. The van der Waals surface area contributed by atoms with Crippen molar-refractivity contribution in [2.24, 2.45) is 0 Å². The van der Waals surface area contributed by atoms with Crippen LogP contribution in [0.3, 0.4) is 0 Å². The van der Waals surface area contributed by atoms with Gasteiger partial charge in [0.1, 0.15) is 0 Å². The van der Waals surface area contributed by atoms with Crippen LogP contribution in [0.4, 0.5) is 0 Å². The summed E-state index contributed by atoms with van der Waals surface area (Å²) in [5, 5.41) is 2.77. The zero-order valence-electron chi connectivity index (χ0n) is 13.3. The number of esters is 1. The minimum Gasteiger partial charge on any atom is -0.449 e. The highest BCUT2D eigenvalue weighted by Crippen LogP contribution is 2.06. The number of carbonyl (C=O) groups excluding carboxylic acids is 2. The standard InChI is InChI=1S/C17H23NO3/c1-12-7-6-8-14(11-12)9-10-15(19)21-13(2)16(20)18-17(3,4)5/h6-11,13H,1-5H3,(H,18,20)/b10-9+/t13-/m1/s1. The van der Waals surface area contributed by atoms with Gasteiger partial charge in [-0.15, -0.1) is 0 Å². The van der Waals surface area contributed by atoms with Gasteiger partial charge in [-0.1, -0.05) is 29.8 Å². The lowest BCUT2D eigenvalue weighted by Gasteiger charge is -2.22. The monoisotopic (exact) mass is 289 g/mol. The molecule has 0 unspecified atom stereocenters. The molecule has 4 nitrogen and oxygen atoms in total. The summed E-state index contributed by atoms with van der Waals surface area (Å²) in [6, 6.07) is 7.75. The lowest BCUT2D eigenvalue weighted by molar-refractivity contribution is -0.150. The predicted octanol–water partition coefficient (Wildman–Crippen LogP) is 2.85. The third-order valence-electron chi connectivity index (χ3n) is 2.61. The van der Waals surface area contributed by atoms with Gasteiger partial charge in [-0.25, -0.2) is 4.79 Å². The average molecular weight is 289 g/mol. The zero-order chi connectivity index (χ0) is 16.0. The fourth-order valence-corrected chi connectivity index (χ4v) is 1.68. The van der Waals surface area contributed by atoms with Gasteiger partial charge in [-0.3, -0.25) is 4.79 Å². The van der Waals surface area contributed by atoms with Gasteiger partial charge in [0.05, 0.1) is 0 Å². The Bertz CT molecular complexity index is 541. The van der Waals surface area contributed by atoms with E-state index in [1.165, 1.54) is 6.08 Å². The maximum atomic E-state index is 11.8. The summed E-state index contributed by atoms with van der Waals surface area (Å²) < 4.78 is 5.07. The minimum absolute atomic E-state index is 0.306. The highest BCUT2D eigenvalue weighted by molar-refractivity contribution is 5.90. The summed E-state index contributed by atoms with van der Waals surface area (Å²) in [6.45, 7) is 9.15. The fraction of sp³-hybridized carbons (Fsp3) is 0.412. The van der Waals surface area contributed by atoms with Crippen LogP contribution in [0, 0.1) is 6.92 Å². The summed E-state index contributed by atoms with van der Waals surface area (Å²) in [5.74, 6) is -0.840. The van der Waals surface area contributed by atoms with Crippen molar-refractivity contribution in [2.45, 2.75) is 46.3 Å². The third-order valence-corrected chi connectivity index (χ3v) is 2.61. The molecular formula is C17H23NO3. The van der Waals surface area contributed by atoms with Crippen molar-refractivity contribution < 1.29 is 14.3 Å². The summed E-state index contributed by atoms with van der Waals surface area (Å²) >= 11 is 0. The average Bonchev–Trinajstić information content (AvgIpc) is 2.34. The van der Waals surface area contributed by atoms with E-state index in [2.05, 4.69) is 5.32 Å². The highest BCUT2D eigenvalue weighted by atomic mass is 16.5. The van der Waals surface area contributed by atoms with Gasteiger partial charge in [0.25, 0.3) is 5.91 Å². The minimum atomic E-state index is -0.820. The van der Waals surface area contributed by atoms with Crippen molar-refractivity contribution in [1.29, 1.82) is 0 Å². The fourth-order valence-electron chi connectivity index (χ4n) is 1.68. The van der Waals surface area contributed by atoms with Gasteiger partial charge in [0, 0.05) is 11.6 Å². The van der Waals surface area contributed by atoms with Crippen molar-refractivity contribution in [3.63, 3.8) is 0 Å². The molecule has 1 aromatic rings. The molecule has 0 aliphatic heterocycles. The molecule has 0 heterocycles. The first-order valence-electron chi connectivity index (χ1n) is 6.95. The molecule has 114 valence electrons. The molecule has 0 fully saturated rings. The van der Waals surface area contributed by atoms with Crippen LogP contribution in [-0.2, 0) is 14.3 Å².